The van der Waals surface area contributed by atoms with Gasteiger partial charge in [-0.15, -0.1) is 10.2 Å². The van der Waals surface area contributed by atoms with Gasteiger partial charge in [0.05, 0.1) is 7.05 Å². The van der Waals surface area contributed by atoms with Gasteiger partial charge in [0.25, 0.3) is 0 Å². The molecule has 0 saturated carbocycles. The predicted octanol–water partition coefficient (Wildman–Crippen LogP) is 1.71. The summed E-state index contributed by atoms with van der Waals surface area (Å²) in [7, 11) is 1.80. The van der Waals surface area contributed by atoms with Gasteiger partial charge in [0, 0.05) is 18.4 Å². The zero-order valence-corrected chi connectivity index (χ0v) is 12.5. The number of aryl methyl sites for hydroxylation is 1. The molecular formula is C15H23N5. The maximum absolute atomic E-state index is 4.34. The van der Waals surface area contributed by atoms with E-state index in [4.69, 9.17) is 0 Å². The smallest absolute Gasteiger partial charge is 0.175 e. The third-order valence-electron chi connectivity index (χ3n) is 3.82. The minimum Gasteiger partial charge on any atom is -0.316 e. The zero-order valence-electron chi connectivity index (χ0n) is 12.5. The maximum Gasteiger partial charge on any atom is 0.175 e. The number of nitrogens with one attached hydrogen (secondary N) is 1. The fourth-order valence-corrected chi connectivity index (χ4v) is 2.57. The standard InChI is InChI=1S/C15H23N5/c1-4-15(12-16-5-2,13-9-7-6-8-10-13)11-14-17-19-20(3)18-14/h6-10,16H,4-5,11-12H2,1-3H3. The van der Waals surface area contributed by atoms with Gasteiger partial charge in [0.15, 0.2) is 5.82 Å². The monoisotopic (exact) mass is 273 g/mol. The van der Waals surface area contributed by atoms with Crippen LogP contribution in [0, 0.1) is 0 Å². The molecule has 2 aromatic rings. The third-order valence-corrected chi connectivity index (χ3v) is 3.82. The van der Waals surface area contributed by atoms with E-state index in [0.29, 0.717) is 0 Å². The highest BCUT2D eigenvalue weighted by Gasteiger charge is 2.31. The van der Waals surface area contributed by atoms with Gasteiger partial charge in [-0.3, -0.25) is 0 Å². The first-order valence-electron chi connectivity index (χ1n) is 7.19. The molecule has 0 aliphatic heterocycles. The van der Waals surface area contributed by atoms with Gasteiger partial charge in [-0.25, -0.2) is 0 Å². The Morgan fingerprint density at radius 2 is 1.95 bits per heavy atom. The zero-order chi connectivity index (χ0) is 14.4. The lowest BCUT2D eigenvalue weighted by molar-refractivity contribution is 0.374. The van der Waals surface area contributed by atoms with Crippen LogP contribution in [0.4, 0.5) is 0 Å². The summed E-state index contributed by atoms with van der Waals surface area (Å²) in [6, 6.07) is 10.6. The first kappa shape index (κ1) is 14.7. The molecule has 0 spiro atoms. The average Bonchev–Trinajstić information content (AvgIpc) is 2.89. The second-order valence-corrected chi connectivity index (χ2v) is 5.15. The van der Waals surface area contributed by atoms with Gasteiger partial charge in [-0.2, -0.15) is 4.80 Å². The summed E-state index contributed by atoms with van der Waals surface area (Å²) < 4.78 is 0. The summed E-state index contributed by atoms with van der Waals surface area (Å²) in [5.41, 5.74) is 1.34. The molecule has 0 saturated heterocycles. The van der Waals surface area contributed by atoms with Crippen LogP contribution in [0.1, 0.15) is 31.7 Å². The van der Waals surface area contributed by atoms with Crippen LogP contribution in [0.3, 0.4) is 0 Å². The molecule has 1 N–H and O–H groups in total. The topological polar surface area (TPSA) is 55.6 Å². The second kappa shape index (κ2) is 6.61. The Morgan fingerprint density at radius 1 is 1.20 bits per heavy atom. The quantitative estimate of drug-likeness (QED) is 0.834. The number of benzene rings is 1. The molecule has 0 aliphatic carbocycles. The number of rotatable bonds is 7. The minimum absolute atomic E-state index is 0.0142. The largest absolute Gasteiger partial charge is 0.316 e. The molecule has 108 valence electrons. The van der Waals surface area contributed by atoms with Crippen LogP contribution in [-0.4, -0.2) is 33.3 Å². The van der Waals surface area contributed by atoms with Crippen LogP contribution in [0.25, 0.3) is 0 Å². The SMILES string of the molecule is CCNCC(CC)(Cc1nnn(C)n1)c1ccccc1. The van der Waals surface area contributed by atoms with Crippen molar-refractivity contribution in [2.45, 2.75) is 32.1 Å². The highest BCUT2D eigenvalue weighted by atomic mass is 15.6. The van der Waals surface area contributed by atoms with Crippen molar-refractivity contribution in [1.82, 2.24) is 25.5 Å². The highest BCUT2D eigenvalue weighted by molar-refractivity contribution is 5.27. The lowest BCUT2D eigenvalue weighted by Gasteiger charge is -2.32. The van der Waals surface area contributed by atoms with Crippen molar-refractivity contribution in [2.75, 3.05) is 13.1 Å². The van der Waals surface area contributed by atoms with Crippen LogP contribution in [0.5, 0.6) is 0 Å². The van der Waals surface area contributed by atoms with Gasteiger partial charge in [-0.1, -0.05) is 44.2 Å². The summed E-state index contributed by atoms with van der Waals surface area (Å²) in [5.74, 6) is 0.802. The normalized spacial score (nSPS) is 14.2. The maximum atomic E-state index is 4.34. The van der Waals surface area contributed by atoms with Crippen molar-refractivity contribution >= 4 is 0 Å². The van der Waals surface area contributed by atoms with Gasteiger partial charge < -0.3 is 5.32 Å². The van der Waals surface area contributed by atoms with Crippen LogP contribution in [0.15, 0.2) is 30.3 Å². The molecule has 2 rings (SSSR count). The van der Waals surface area contributed by atoms with Crippen molar-refractivity contribution in [3.8, 4) is 0 Å². The first-order chi connectivity index (χ1) is 9.70. The van der Waals surface area contributed by atoms with E-state index < -0.39 is 0 Å². The van der Waals surface area contributed by atoms with Gasteiger partial charge >= 0.3 is 0 Å². The van der Waals surface area contributed by atoms with Crippen LogP contribution in [0.2, 0.25) is 0 Å². The van der Waals surface area contributed by atoms with Gasteiger partial charge in [0.1, 0.15) is 0 Å². The molecule has 0 aliphatic rings. The van der Waals surface area contributed by atoms with E-state index in [2.05, 4.69) is 64.9 Å². The van der Waals surface area contributed by atoms with Crippen molar-refractivity contribution < 1.29 is 0 Å². The molecule has 1 aromatic heterocycles. The van der Waals surface area contributed by atoms with E-state index in [0.717, 1.165) is 31.8 Å². The van der Waals surface area contributed by atoms with E-state index >= 15 is 0 Å². The fourth-order valence-electron chi connectivity index (χ4n) is 2.57. The molecule has 0 amide bonds. The molecule has 0 fully saturated rings. The summed E-state index contributed by atoms with van der Waals surface area (Å²) in [6.45, 7) is 6.23. The van der Waals surface area contributed by atoms with Gasteiger partial charge in [-0.05, 0) is 23.7 Å². The van der Waals surface area contributed by atoms with E-state index in [1.807, 2.05) is 0 Å². The Bertz CT molecular complexity index is 522. The van der Waals surface area contributed by atoms with E-state index in [1.54, 1.807) is 7.05 Å². The summed E-state index contributed by atoms with van der Waals surface area (Å²) in [4.78, 5) is 1.52. The van der Waals surface area contributed by atoms with Crippen LogP contribution >= 0.6 is 0 Å². The Morgan fingerprint density at radius 3 is 2.50 bits per heavy atom. The molecule has 0 bridgehead atoms. The number of hydrogen-bond donors (Lipinski definition) is 1. The molecule has 5 heteroatoms. The second-order valence-electron chi connectivity index (χ2n) is 5.15. The van der Waals surface area contributed by atoms with E-state index in [9.17, 15) is 0 Å². The van der Waals surface area contributed by atoms with Crippen molar-refractivity contribution in [3.63, 3.8) is 0 Å². The molecule has 5 nitrogen and oxygen atoms in total. The van der Waals surface area contributed by atoms with Crippen molar-refractivity contribution in [3.05, 3.63) is 41.7 Å². The molecule has 1 atom stereocenters. The Balaban J connectivity index is 2.31. The molecule has 20 heavy (non-hydrogen) atoms. The number of aromatic nitrogens is 4. The molecule has 1 aromatic carbocycles. The summed E-state index contributed by atoms with van der Waals surface area (Å²) in [5, 5.41) is 15.9. The molecule has 1 unspecified atom stereocenters. The molecule has 1 heterocycles. The highest BCUT2D eigenvalue weighted by Crippen LogP contribution is 2.30. The molecular weight excluding hydrogens is 250 g/mol. The predicted molar refractivity (Wildman–Crippen MR) is 79.5 cm³/mol. The van der Waals surface area contributed by atoms with Crippen molar-refractivity contribution in [2.24, 2.45) is 7.05 Å². The minimum atomic E-state index is 0.0142. The van der Waals surface area contributed by atoms with E-state index in [1.165, 1.54) is 10.4 Å². The lowest BCUT2D eigenvalue weighted by atomic mass is 9.75. The number of tetrazole rings is 1. The third kappa shape index (κ3) is 3.22. The van der Waals surface area contributed by atoms with E-state index in [-0.39, 0.29) is 5.41 Å². The fraction of sp³-hybridized carbons (Fsp3) is 0.533. The van der Waals surface area contributed by atoms with Gasteiger partial charge in [0.2, 0.25) is 0 Å². The van der Waals surface area contributed by atoms with Crippen LogP contribution < -0.4 is 5.32 Å². The summed E-state index contributed by atoms with van der Waals surface area (Å²) >= 11 is 0. The number of likely N-dealkylation sites (N-methyl/N-ethyl adjacent to an activating group) is 1. The lowest BCUT2D eigenvalue weighted by Crippen LogP contribution is -2.40. The molecule has 0 radical (unpaired) electrons. The van der Waals surface area contributed by atoms with Crippen LogP contribution in [-0.2, 0) is 18.9 Å². The number of nitrogens with zero attached hydrogens (tertiary/aromatic N) is 4. The summed E-state index contributed by atoms with van der Waals surface area (Å²) in [6.07, 6.45) is 1.83. The average molecular weight is 273 g/mol. The Labute approximate surface area is 120 Å². The Kier molecular flexibility index (Phi) is 4.84. The van der Waals surface area contributed by atoms with Crippen molar-refractivity contribution in [1.29, 1.82) is 0 Å². The number of hydrogen-bond acceptors (Lipinski definition) is 4. The first-order valence-corrected chi connectivity index (χ1v) is 7.19. The Hall–Kier alpha value is -1.75.